The molecule has 1 N–H and O–H groups in total. The van der Waals surface area contributed by atoms with E-state index >= 15 is 0 Å². The first-order valence-corrected chi connectivity index (χ1v) is 10.9. The van der Waals surface area contributed by atoms with Crippen LogP contribution in [0.15, 0.2) is 47.3 Å². The van der Waals surface area contributed by atoms with Crippen molar-refractivity contribution in [2.75, 3.05) is 19.7 Å². The molecule has 8 heteroatoms. The molecule has 164 valence electrons. The summed E-state index contributed by atoms with van der Waals surface area (Å²) < 4.78 is 7.72. The predicted octanol–water partition coefficient (Wildman–Crippen LogP) is 3.05. The minimum atomic E-state index is -0.315. The number of benzene rings is 2. The topological polar surface area (TPSA) is 92.6 Å². The summed E-state index contributed by atoms with van der Waals surface area (Å²) in [5.74, 6) is 0.683. The second kappa shape index (κ2) is 8.20. The summed E-state index contributed by atoms with van der Waals surface area (Å²) >= 11 is 0. The number of aromatic nitrogens is 4. The van der Waals surface area contributed by atoms with Gasteiger partial charge in [-0.25, -0.2) is 0 Å². The molecule has 4 aromatic rings. The summed E-state index contributed by atoms with van der Waals surface area (Å²) in [6.45, 7) is 5.48. The number of ether oxygens (including phenoxy) is 1. The predicted molar refractivity (Wildman–Crippen MR) is 121 cm³/mol. The van der Waals surface area contributed by atoms with Gasteiger partial charge in [-0.2, -0.15) is 0 Å². The third-order valence-electron chi connectivity index (χ3n) is 5.99. The molecule has 0 bridgehead atoms. The number of aryl methyl sites for hydroxylation is 2. The molecule has 1 amide bonds. The van der Waals surface area contributed by atoms with Crippen molar-refractivity contribution in [2.24, 2.45) is 0 Å². The third kappa shape index (κ3) is 3.46. The molecule has 0 spiro atoms. The van der Waals surface area contributed by atoms with E-state index in [1.807, 2.05) is 48.2 Å². The molecule has 2 aromatic carbocycles. The first-order chi connectivity index (χ1) is 15.6. The number of hydrogen-bond acceptors (Lipinski definition) is 5. The average Bonchev–Trinajstić information content (AvgIpc) is 3.24. The number of amides is 1. The number of carbonyl (C=O) groups is 1. The molecule has 1 aliphatic rings. The second-order valence-corrected chi connectivity index (χ2v) is 8.18. The molecule has 1 atom stereocenters. The maximum atomic E-state index is 13.5. The lowest BCUT2D eigenvalue weighted by Gasteiger charge is -2.33. The van der Waals surface area contributed by atoms with Crippen LogP contribution in [0.4, 0.5) is 0 Å². The second-order valence-electron chi connectivity index (χ2n) is 8.18. The van der Waals surface area contributed by atoms with Crippen LogP contribution in [-0.4, -0.2) is 50.1 Å². The van der Waals surface area contributed by atoms with Crippen LogP contribution in [0.1, 0.15) is 46.8 Å². The van der Waals surface area contributed by atoms with Gasteiger partial charge < -0.3 is 14.6 Å². The van der Waals surface area contributed by atoms with Crippen molar-refractivity contribution in [3.05, 3.63) is 75.3 Å². The molecule has 32 heavy (non-hydrogen) atoms. The van der Waals surface area contributed by atoms with Crippen LogP contribution >= 0.6 is 0 Å². The molecule has 1 fully saturated rings. The molecular formula is C24H25N5O3. The van der Waals surface area contributed by atoms with Gasteiger partial charge in [0.1, 0.15) is 11.9 Å². The summed E-state index contributed by atoms with van der Waals surface area (Å²) in [5.41, 5.74) is 3.83. The standard InChI is InChI=1S/C24H25N5O3/c1-3-7-21-26-27-22-23(30)25-18-13-17(15(2)12-19(18)29(21)22)24(31)28-10-11-32-20(14-28)16-8-5-4-6-9-16/h4-6,8-9,12-13,20H,3,7,10-11,14H2,1-2H3,(H,25,30). The van der Waals surface area contributed by atoms with Crippen LogP contribution in [0, 0.1) is 6.92 Å². The van der Waals surface area contributed by atoms with E-state index in [0.717, 1.165) is 28.9 Å². The molecular weight excluding hydrogens is 406 g/mol. The molecule has 1 aliphatic heterocycles. The van der Waals surface area contributed by atoms with Crippen LogP contribution in [0.2, 0.25) is 0 Å². The zero-order valence-corrected chi connectivity index (χ0v) is 18.2. The SMILES string of the molecule is CCCc1nnc2c(=O)[nH]c3cc(C(=O)N4CCOC(c5ccccc5)C4)c(C)cc3n12. The number of aromatic amines is 1. The van der Waals surface area contributed by atoms with Crippen LogP contribution in [0.25, 0.3) is 16.7 Å². The van der Waals surface area contributed by atoms with E-state index in [0.29, 0.717) is 37.2 Å². The number of morpholine rings is 1. The van der Waals surface area contributed by atoms with Gasteiger partial charge in [0, 0.05) is 18.5 Å². The van der Waals surface area contributed by atoms with Crippen molar-refractivity contribution >= 4 is 22.6 Å². The highest BCUT2D eigenvalue weighted by molar-refractivity contribution is 5.99. The van der Waals surface area contributed by atoms with E-state index < -0.39 is 0 Å². The van der Waals surface area contributed by atoms with E-state index in [1.165, 1.54) is 0 Å². The highest BCUT2D eigenvalue weighted by Gasteiger charge is 2.27. The van der Waals surface area contributed by atoms with E-state index in [4.69, 9.17) is 4.74 Å². The Morgan fingerprint density at radius 3 is 2.81 bits per heavy atom. The highest BCUT2D eigenvalue weighted by Crippen LogP contribution is 2.25. The fraction of sp³-hybridized carbons (Fsp3) is 0.333. The molecule has 1 unspecified atom stereocenters. The van der Waals surface area contributed by atoms with Gasteiger partial charge >= 0.3 is 0 Å². The minimum Gasteiger partial charge on any atom is -0.370 e. The van der Waals surface area contributed by atoms with Gasteiger partial charge in [0.25, 0.3) is 11.5 Å². The fourth-order valence-electron chi connectivity index (χ4n) is 4.36. The zero-order chi connectivity index (χ0) is 22.2. The summed E-state index contributed by atoms with van der Waals surface area (Å²) in [4.78, 5) is 30.7. The molecule has 2 aromatic heterocycles. The molecule has 5 rings (SSSR count). The van der Waals surface area contributed by atoms with Gasteiger partial charge in [-0.3, -0.25) is 14.0 Å². The summed E-state index contributed by atoms with van der Waals surface area (Å²) in [6.07, 6.45) is 1.46. The zero-order valence-electron chi connectivity index (χ0n) is 18.2. The van der Waals surface area contributed by atoms with Gasteiger partial charge in [-0.1, -0.05) is 37.3 Å². The Labute approximate surface area is 184 Å². The summed E-state index contributed by atoms with van der Waals surface area (Å²) in [7, 11) is 0. The van der Waals surface area contributed by atoms with Crippen molar-refractivity contribution in [1.82, 2.24) is 24.5 Å². The molecule has 1 saturated heterocycles. The third-order valence-corrected chi connectivity index (χ3v) is 5.99. The van der Waals surface area contributed by atoms with Crippen LogP contribution in [0.5, 0.6) is 0 Å². The Balaban J connectivity index is 1.53. The molecule has 0 radical (unpaired) electrons. The van der Waals surface area contributed by atoms with Crippen LogP contribution in [0.3, 0.4) is 0 Å². The average molecular weight is 431 g/mol. The van der Waals surface area contributed by atoms with Crippen LogP contribution in [-0.2, 0) is 11.2 Å². The number of carbonyl (C=O) groups excluding carboxylic acids is 1. The molecule has 0 saturated carbocycles. The minimum absolute atomic E-state index is 0.0629. The van der Waals surface area contributed by atoms with Gasteiger partial charge in [0.15, 0.2) is 0 Å². The fourth-order valence-corrected chi connectivity index (χ4v) is 4.36. The van der Waals surface area contributed by atoms with Crippen molar-refractivity contribution in [1.29, 1.82) is 0 Å². The van der Waals surface area contributed by atoms with E-state index in [2.05, 4.69) is 22.1 Å². The highest BCUT2D eigenvalue weighted by atomic mass is 16.5. The lowest BCUT2D eigenvalue weighted by atomic mass is 10.0. The molecule has 8 nitrogen and oxygen atoms in total. The van der Waals surface area contributed by atoms with Gasteiger partial charge in [-0.05, 0) is 36.6 Å². The van der Waals surface area contributed by atoms with Gasteiger partial charge in [-0.15, -0.1) is 10.2 Å². The Morgan fingerprint density at radius 2 is 2.03 bits per heavy atom. The maximum Gasteiger partial charge on any atom is 0.294 e. The number of hydrogen-bond donors (Lipinski definition) is 1. The van der Waals surface area contributed by atoms with Crippen molar-refractivity contribution in [2.45, 2.75) is 32.8 Å². The monoisotopic (exact) mass is 431 g/mol. The number of nitrogens with zero attached hydrogens (tertiary/aromatic N) is 4. The molecule has 0 aliphatic carbocycles. The number of fused-ring (bicyclic) bond motifs is 3. The van der Waals surface area contributed by atoms with E-state index in [9.17, 15) is 9.59 Å². The largest absolute Gasteiger partial charge is 0.370 e. The quantitative estimate of drug-likeness (QED) is 0.536. The lowest BCUT2D eigenvalue weighted by Crippen LogP contribution is -2.42. The van der Waals surface area contributed by atoms with E-state index in [-0.39, 0.29) is 23.2 Å². The van der Waals surface area contributed by atoms with Gasteiger partial charge in [0.05, 0.1) is 24.2 Å². The Morgan fingerprint density at radius 1 is 1.22 bits per heavy atom. The van der Waals surface area contributed by atoms with Crippen molar-refractivity contribution < 1.29 is 9.53 Å². The maximum absolute atomic E-state index is 13.5. The molecule has 3 heterocycles. The number of rotatable bonds is 4. The Bertz CT molecular complexity index is 1360. The van der Waals surface area contributed by atoms with Gasteiger partial charge in [0.2, 0.25) is 5.65 Å². The number of nitrogens with one attached hydrogen (secondary N) is 1. The van der Waals surface area contributed by atoms with Crippen LogP contribution < -0.4 is 5.56 Å². The normalized spacial score (nSPS) is 16.7. The Hall–Kier alpha value is -3.52. The van der Waals surface area contributed by atoms with Crippen molar-refractivity contribution in [3.63, 3.8) is 0 Å². The summed E-state index contributed by atoms with van der Waals surface area (Å²) in [6, 6.07) is 13.7. The van der Waals surface area contributed by atoms with E-state index in [1.54, 1.807) is 10.5 Å². The first-order valence-electron chi connectivity index (χ1n) is 10.9. The summed E-state index contributed by atoms with van der Waals surface area (Å²) in [5, 5.41) is 8.26. The van der Waals surface area contributed by atoms with Crippen molar-refractivity contribution in [3.8, 4) is 0 Å². The lowest BCUT2D eigenvalue weighted by molar-refractivity contribution is -0.0228. The first kappa shape index (κ1) is 20.4. The smallest absolute Gasteiger partial charge is 0.294 e. The number of H-pyrrole nitrogens is 1. The Kier molecular flexibility index (Phi) is 5.22.